The Balaban J connectivity index is 2.00. The largest absolute Gasteiger partial charge is 0.334 e. The fraction of sp³-hybridized carbons (Fsp3) is 0.417. The molecule has 0 bridgehead atoms. The maximum atomic E-state index is 4.70. The zero-order chi connectivity index (χ0) is 10.3. The van der Waals surface area contributed by atoms with Crippen molar-refractivity contribution in [2.24, 2.45) is 5.92 Å². The van der Waals surface area contributed by atoms with E-state index in [9.17, 15) is 0 Å². The van der Waals surface area contributed by atoms with Crippen molar-refractivity contribution in [3.63, 3.8) is 0 Å². The molecule has 0 N–H and O–H groups in total. The Labute approximate surface area is 93.6 Å². The fourth-order valence-corrected chi connectivity index (χ4v) is 2.81. The molecule has 0 saturated carbocycles. The number of thiophene rings is 1. The van der Waals surface area contributed by atoms with Crippen LogP contribution in [-0.4, -0.2) is 9.55 Å². The smallest absolute Gasteiger partial charge is 0.109 e. The SMILES string of the molecule is C[C@@H]1CCc2nc(-c3ccsc3)cn2C1. The number of aromatic nitrogens is 2. The lowest BCUT2D eigenvalue weighted by Crippen LogP contribution is -2.17. The minimum atomic E-state index is 0.794. The summed E-state index contributed by atoms with van der Waals surface area (Å²) in [5.74, 6) is 2.05. The van der Waals surface area contributed by atoms with E-state index in [1.54, 1.807) is 11.3 Å². The average Bonchev–Trinajstić information content (AvgIpc) is 2.84. The molecule has 0 unspecified atom stereocenters. The minimum absolute atomic E-state index is 0.794. The lowest BCUT2D eigenvalue weighted by Gasteiger charge is -2.19. The number of hydrogen-bond acceptors (Lipinski definition) is 2. The molecular formula is C12H14N2S. The molecule has 0 spiro atoms. The van der Waals surface area contributed by atoms with Gasteiger partial charge in [0.05, 0.1) is 5.69 Å². The highest BCUT2D eigenvalue weighted by molar-refractivity contribution is 7.08. The predicted octanol–water partition coefficient (Wildman–Crippen LogP) is 3.19. The van der Waals surface area contributed by atoms with Crippen molar-refractivity contribution in [3.05, 3.63) is 28.8 Å². The highest BCUT2D eigenvalue weighted by atomic mass is 32.1. The first-order valence-electron chi connectivity index (χ1n) is 5.41. The van der Waals surface area contributed by atoms with Gasteiger partial charge in [-0.1, -0.05) is 6.92 Å². The van der Waals surface area contributed by atoms with Crippen LogP contribution in [0.5, 0.6) is 0 Å². The van der Waals surface area contributed by atoms with Gasteiger partial charge < -0.3 is 4.57 Å². The molecule has 1 aliphatic heterocycles. The molecule has 1 aliphatic rings. The minimum Gasteiger partial charge on any atom is -0.334 e. The Morgan fingerprint density at radius 2 is 2.47 bits per heavy atom. The molecule has 0 aromatic carbocycles. The summed E-state index contributed by atoms with van der Waals surface area (Å²) >= 11 is 1.73. The lowest BCUT2D eigenvalue weighted by atomic mass is 10.0. The van der Waals surface area contributed by atoms with E-state index in [2.05, 4.69) is 34.5 Å². The third-order valence-electron chi connectivity index (χ3n) is 3.05. The van der Waals surface area contributed by atoms with Crippen LogP contribution in [-0.2, 0) is 13.0 Å². The van der Waals surface area contributed by atoms with Crippen molar-refractivity contribution < 1.29 is 0 Å². The summed E-state index contributed by atoms with van der Waals surface area (Å²) in [6, 6.07) is 2.14. The standard InChI is InChI=1S/C12H14N2S/c1-9-2-3-12-13-11(7-14(12)6-9)10-4-5-15-8-10/h4-5,7-9H,2-3,6H2,1H3/t9-/m1/s1. The normalized spacial score (nSPS) is 20.2. The van der Waals surface area contributed by atoms with Crippen molar-refractivity contribution >= 4 is 11.3 Å². The second-order valence-electron chi connectivity index (χ2n) is 4.35. The molecule has 0 fully saturated rings. The molecule has 78 valence electrons. The van der Waals surface area contributed by atoms with Gasteiger partial charge in [0.1, 0.15) is 5.82 Å². The van der Waals surface area contributed by atoms with Crippen LogP contribution < -0.4 is 0 Å². The monoisotopic (exact) mass is 218 g/mol. The number of hydrogen-bond donors (Lipinski definition) is 0. The molecule has 2 nitrogen and oxygen atoms in total. The van der Waals surface area contributed by atoms with Crippen LogP contribution in [0.15, 0.2) is 23.0 Å². The summed E-state index contributed by atoms with van der Waals surface area (Å²) in [7, 11) is 0. The van der Waals surface area contributed by atoms with Gasteiger partial charge in [-0.25, -0.2) is 4.98 Å². The van der Waals surface area contributed by atoms with E-state index in [4.69, 9.17) is 4.98 Å². The Bertz CT molecular complexity index is 456. The molecule has 2 aromatic heterocycles. The summed E-state index contributed by atoms with van der Waals surface area (Å²) in [6.45, 7) is 3.44. The van der Waals surface area contributed by atoms with Gasteiger partial charge in [-0.05, 0) is 23.8 Å². The van der Waals surface area contributed by atoms with Crippen molar-refractivity contribution in [2.75, 3.05) is 0 Å². The number of imidazole rings is 1. The zero-order valence-corrected chi connectivity index (χ0v) is 9.63. The molecular weight excluding hydrogens is 204 g/mol. The van der Waals surface area contributed by atoms with Gasteiger partial charge >= 0.3 is 0 Å². The Morgan fingerprint density at radius 3 is 3.27 bits per heavy atom. The van der Waals surface area contributed by atoms with Crippen molar-refractivity contribution in [3.8, 4) is 11.3 Å². The predicted molar refractivity (Wildman–Crippen MR) is 63.0 cm³/mol. The Kier molecular flexibility index (Phi) is 2.13. The summed E-state index contributed by atoms with van der Waals surface area (Å²) < 4.78 is 2.32. The van der Waals surface area contributed by atoms with E-state index < -0.39 is 0 Å². The van der Waals surface area contributed by atoms with Crippen LogP contribution in [0.4, 0.5) is 0 Å². The Hall–Kier alpha value is -1.09. The third kappa shape index (κ3) is 1.61. The fourth-order valence-electron chi connectivity index (χ4n) is 2.16. The van der Waals surface area contributed by atoms with Crippen molar-refractivity contribution in [2.45, 2.75) is 26.3 Å². The van der Waals surface area contributed by atoms with E-state index in [0.29, 0.717) is 0 Å². The molecule has 3 heterocycles. The second-order valence-corrected chi connectivity index (χ2v) is 5.13. The van der Waals surface area contributed by atoms with Crippen molar-refractivity contribution in [1.29, 1.82) is 0 Å². The number of aryl methyl sites for hydroxylation is 1. The molecule has 3 heteroatoms. The van der Waals surface area contributed by atoms with E-state index in [1.165, 1.54) is 17.8 Å². The van der Waals surface area contributed by atoms with Crippen LogP contribution in [0.1, 0.15) is 19.2 Å². The number of nitrogens with zero attached hydrogens (tertiary/aromatic N) is 2. The molecule has 2 aromatic rings. The van der Waals surface area contributed by atoms with Crippen LogP contribution in [0, 0.1) is 5.92 Å². The zero-order valence-electron chi connectivity index (χ0n) is 8.81. The molecule has 0 amide bonds. The first-order chi connectivity index (χ1) is 7.33. The number of fused-ring (bicyclic) bond motifs is 1. The van der Waals surface area contributed by atoms with E-state index >= 15 is 0 Å². The van der Waals surface area contributed by atoms with E-state index in [1.807, 2.05) is 0 Å². The topological polar surface area (TPSA) is 17.8 Å². The highest BCUT2D eigenvalue weighted by Crippen LogP contribution is 2.25. The van der Waals surface area contributed by atoms with Gasteiger partial charge in [0.25, 0.3) is 0 Å². The van der Waals surface area contributed by atoms with Crippen LogP contribution in [0.25, 0.3) is 11.3 Å². The first-order valence-corrected chi connectivity index (χ1v) is 6.36. The van der Waals surface area contributed by atoms with Gasteiger partial charge in [0.2, 0.25) is 0 Å². The van der Waals surface area contributed by atoms with Gasteiger partial charge in [-0.2, -0.15) is 11.3 Å². The summed E-state index contributed by atoms with van der Waals surface area (Å²) in [5, 5.41) is 4.27. The summed E-state index contributed by atoms with van der Waals surface area (Å²) in [5.41, 5.74) is 2.40. The first kappa shape index (κ1) is 9.16. The average molecular weight is 218 g/mol. The van der Waals surface area contributed by atoms with Gasteiger partial charge in [0.15, 0.2) is 0 Å². The molecule has 1 atom stereocenters. The summed E-state index contributed by atoms with van der Waals surface area (Å²) in [6.07, 6.45) is 4.61. The third-order valence-corrected chi connectivity index (χ3v) is 3.73. The van der Waals surface area contributed by atoms with E-state index in [0.717, 1.165) is 24.6 Å². The Morgan fingerprint density at radius 1 is 1.53 bits per heavy atom. The highest BCUT2D eigenvalue weighted by Gasteiger charge is 2.17. The molecule has 15 heavy (non-hydrogen) atoms. The maximum absolute atomic E-state index is 4.70. The lowest BCUT2D eigenvalue weighted by molar-refractivity contribution is 0.394. The molecule has 0 saturated heterocycles. The number of rotatable bonds is 1. The van der Waals surface area contributed by atoms with Gasteiger partial charge in [0, 0.05) is 30.1 Å². The molecule has 0 radical (unpaired) electrons. The molecule has 0 aliphatic carbocycles. The van der Waals surface area contributed by atoms with Crippen LogP contribution in [0.2, 0.25) is 0 Å². The van der Waals surface area contributed by atoms with Gasteiger partial charge in [-0.3, -0.25) is 0 Å². The van der Waals surface area contributed by atoms with Gasteiger partial charge in [-0.15, -0.1) is 0 Å². The van der Waals surface area contributed by atoms with Crippen molar-refractivity contribution in [1.82, 2.24) is 9.55 Å². The van der Waals surface area contributed by atoms with Crippen LogP contribution >= 0.6 is 11.3 Å². The quantitative estimate of drug-likeness (QED) is 0.718. The maximum Gasteiger partial charge on any atom is 0.109 e. The van der Waals surface area contributed by atoms with Crippen LogP contribution in [0.3, 0.4) is 0 Å². The summed E-state index contributed by atoms with van der Waals surface area (Å²) in [4.78, 5) is 4.70. The molecule has 3 rings (SSSR count). The second kappa shape index (κ2) is 3.49. The van der Waals surface area contributed by atoms with E-state index in [-0.39, 0.29) is 0 Å².